The average Bonchev–Trinajstić information content (AvgIpc) is 3.58. The van der Waals surface area contributed by atoms with Gasteiger partial charge in [0.1, 0.15) is 0 Å². The Morgan fingerprint density at radius 3 is 2.69 bits per heavy atom. The number of rotatable bonds is 8. The maximum Gasteiger partial charge on any atom is 0.175 e. The number of hydrogen-bond donors (Lipinski definition) is 2. The van der Waals surface area contributed by atoms with E-state index in [-0.39, 0.29) is 49.6 Å². The van der Waals surface area contributed by atoms with Gasteiger partial charge in [-0.3, -0.25) is 0 Å². The predicted octanol–water partition coefficient (Wildman–Crippen LogP) is 8.05. The molecule has 0 saturated carbocycles. The summed E-state index contributed by atoms with van der Waals surface area (Å²) in [6.45, 7) is 6.07. The number of aliphatic imine (C=N–C) groups is 1. The van der Waals surface area contributed by atoms with E-state index < -0.39 is 19.2 Å². The molecule has 5 aliphatic rings. The molecule has 5 nitrogen and oxygen atoms in total. The number of thioether (sulfide) groups is 1. The molecular weight excluding hydrogens is 685 g/mol. The zero-order valence-electron chi connectivity index (χ0n) is 26.8. The van der Waals surface area contributed by atoms with Gasteiger partial charge >= 0.3 is 0 Å². The van der Waals surface area contributed by atoms with Crippen LogP contribution in [0.2, 0.25) is 0 Å². The molecule has 0 bridgehead atoms. The zero-order chi connectivity index (χ0) is 29.7. The molecule has 0 amide bonds. The fourth-order valence-corrected chi connectivity index (χ4v) is 7.49. The molecule has 4 heterocycles. The van der Waals surface area contributed by atoms with Crippen LogP contribution in [0.4, 0.5) is 0 Å². The van der Waals surface area contributed by atoms with Gasteiger partial charge in [-0.1, -0.05) is 65.5 Å². The van der Waals surface area contributed by atoms with E-state index in [1.807, 2.05) is 17.8 Å². The normalized spacial score (nSPS) is 31.6. The molecule has 7 heteroatoms. The van der Waals surface area contributed by atoms with Crippen molar-refractivity contribution in [3.8, 4) is 0 Å². The Kier molecular flexibility index (Phi) is 11.0. The summed E-state index contributed by atoms with van der Waals surface area (Å²) >= 11 is 1.94. The fourth-order valence-electron chi connectivity index (χ4n) is 6.33. The molecule has 39 heavy (non-hydrogen) atoms. The van der Waals surface area contributed by atoms with E-state index in [0.717, 1.165) is 57.1 Å². The van der Waals surface area contributed by atoms with Crippen LogP contribution in [-0.4, -0.2) is 46.1 Å². The van der Waals surface area contributed by atoms with Crippen molar-refractivity contribution in [1.29, 1.82) is 0 Å². The minimum atomic E-state index is -2.18. The number of aliphatic hydroxyl groups is 2. The van der Waals surface area contributed by atoms with Gasteiger partial charge < -0.3 is 20.3 Å². The molecule has 0 aromatic rings. The first-order chi connectivity index (χ1) is 19.6. The van der Waals surface area contributed by atoms with Crippen LogP contribution in [0, 0.1) is 30.1 Å². The van der Waals surface area contributed by atoms with E-state index in [1.165, 1.54) is 16.2 Å². The maximum atomic E-state index is 9.88. The van der Waals surface area contributed by atoms with Crippen LogP contribution < -0.4 is 0 Å². The van der Waals surface area contributed by atoms with Crippen molar-refractivity contribution in [2.24, 2.45) is 28.7 Å². The molecule has 2 unspecified atom stereocenters. The standard InChI is InChI=1S/C19H22N2OS.C13H26O2.Ir/c1-11-5-6-13-12-3-2-4-14(18(12)22-19(13)20-11)15-7-8-17-16(21-15)9-10-23-17;1-5-10(6-2)12(14)9-13(15)11(7-3)8-4;/h4-6,8,12-13,15-16,19H,2-3,7,9-10H2,1H3;9-12,14-15H,5-8H2,1-4H3;/q-2;;/b;13-9-;/t12-,13?,15+,16?,19-;12-;/m01./s1/i1D3;;. The van der Waals surface area contributed by atoms with E-state index in [4.69, 9.17) is 14.2 Å². The van der Waals surface area contributed by atoms with Crippen LogP contribution in [0.15, 0.2) is 51.3 Å². The number of hydrogen-bond acceptors (Lipinski definition) is 5. The summed E-state index contributed by atoms with van der Waals surface area (Å²) in [6.07, 6.45) is 17.0. The number of nitrogens with zero attached hydrogens (tertiary/aromatic N) is 2. The first-order valence-corrected chi connectivity index (χ1v) is 15.7. The minimum absolute atomic E-state index is 0. The van der Waals surface area contributed by atoms with Crippen LogP contribution >= 0.6 is 11.8 Å². The largest absolute Gasteiger partial charge is 0.651 e. The van der Waals surface area contributed by atoms with Gasteiger partial charge in [-0.15, -0.1) is 30.3 Å². The van der Waals surface area contributed by atoms with Crippen LogP contribution in [0.5, 0.6) is 0 Å². The van der Waals surface area contributed by atoms with Gasteiger partial charge in [-0.05, 0) is 66.5 Å². The molecule has 0 spiro atoms. The molecular formula is C32H48IrN2O3S-2. The second kappa shape index (κ2) is 15.3. The summed E-state index contributed by atoms with van der Waals surface area (Å²) in [5.74, 6) is 3.47. The van der Waals surface area contributed by atoms with Crippen molar-refractivity contribution in [1.82, 2.24) is 0 Å². The molecule has 221 valence electrons. The summed E-state index contributed by atoms with van der Waals surface area (Å²) in [4.78, 5) is 5.86. The van der Waals surface area contributed by atoms with E-state index >= 15 is 0 Å². The topological polar surface area (TPSA) is 76.2 Å². The van der Waals surface area contributed by atoms with E-state index in [1.54, 1.807) is 12.2 Å². The number of aliphatic hydroxyl groups excluding tert-OH is 2. The molecule has 5 rings (SSSR count). The zero-order valence-corrected chi connectivity index (χ0v) is 27.0. The molecule has 6 atom stereocenters. The number of dihydropyridines is 1. The van der Waals surface area contributed by atoms with Crippen molar-refractivity contribution < 1.29 is 39.2 Å². The van der Waals surface area contributed by atoms with Crippen LogP contribution in [0.25, 0.3) is 5.32 Å². The molecule has 2 N–H and O–H groups in total. The van der Waals surface area contributed by atoms with E-state index in [0.29, 0.717) is 17.7 Å². The predicted molar refractivity (Wildman–Crippen MR) is 160 cm³/mol. The van der Waals surface area contributed by atoms with Crippen molar-refractivity contribution in [2.75, 3.05) is 5.75 Å². The Morgan fingerprint density at radius 2 is 2.00 bits per heavy atom. The summed E-state index contributed by atoms with van der Waals surface area (Å²) in [5.41, 5.74) is 1.38. The Balaban J connectivity index is 0.000000263. The summed E-state index contributed by atoms with van der Waals surface area (Å²) in [7, 11) is 0. The van der Waals surface area contributed by atoms with Crippen LogP contribution in [-0.2, 0) is 24.8 Å². The van der Waals surface area contributed by atoms with Gasteiger partial charge in [0, 0.05) is 41.8 Å². The van der Waals surface area contributed by atoms with E-state index in [2.05, 4.69) is 45.2 Å². The monoisotopic (exact) mass is 736 g/mol. The minimum Gasteiger partial charge on any atom is -0.651 e. The number of ether oxygens (including phenoxy) is 1. The van der Waals surface area contributed by atoms with Gasteiger partial charge in [0.25, 0.3) is 0 Å². The molecule has 2 saturated heterocycles. The van der Waals surface area contributed by atoms with Gasteiger partial charge in [0.05, 0.1) is 11.9 Å². The Morgan fingerprint density at radius 1 is 1.23 bits per heavy atom. The Labute approximate surface area is 258 Å². The van der Waals surface area contributed by atoms with Crippen molar-refractivity contribution in [3.63, 3.8) is 0 Å². The molecule has 1 radical (unpaired) electrons. The summed E-state index contributed by atoms with van der Waals surface area (Å²) < 4.78 is 29.1. The number of allylic oxidation sites excluding steroid dienone is 3. The number of fused-ring (bicyclic) bond motifs is 4. The van der Waals surface area contributed by atoms with E-state index in [9.17, 15) is 10.2 Å². The van der Waals surface area contributed by atoms with Gasteiger partial charge in [0.15, 0.2) is 6.23 Å². The second-order valence-corrected chi connectivity index (χ2v) is 12.2. The van der Waals surface area contributed by atoms with Crippen LogP contribution in [0.3, 0.4) is 0 Å². The smallest absolute Gasteiger partial charge is 0.175 e. The quantitative estimate of drug-likeness (QED) is 0.196. The third-order valence-corrected chi connectivity index (χ3v) is 9.99. The Hall–Kier alpha value is -0.981. The molecule has 4 aliphatic heterocycles. The first kappa shape index (κ1) is 28.2. The first-order valence-electron chi connectivity index (χ1n) is 16.2. The summed E-state index contributed by atoms with van der Waals surface area (Å²) in [5, 5.41) is 24.8. The average molecular weight is 736 g/mol. The van der Waals surface area contributed by atoms with Gasteiger partial charge in [0.2, 0.25) is 0 Å². The van der Waals surface area contributed by atoms with Crippen molar-refractivity contribution in [2.45, 2.75) is 110 Å². The third kappa shape index (κ3) is 7.65. The summed E-state index contributed by atoms with van der Waals surface area (Å²) in [6, 6.07) is 0.542. The second-order valence-electron chi connectivity index (χ2n) is 11.0. The van der Waals surface area contributed by atoms with Gasteiger partial charge in [-0.25, -0.2) is 11.4 Å². The molecule has 0 aromatic heterocycles. The Bertz CT molecular complexity index is 1070. The third-order valence-electron chi connectivity index (χ3n) is 8.77. The molecule has 1 aliphatic carbocycles. The fraction of sp³-hybridized carbons (Fsp3) is 0.688. The maximum absolute atomic E-state index is 9.88. The van der Waals surface area contributed by atoms with Crippen LogP contribution in [0.1, 0.15) is 90.0 Å². The SMILES string of the molecule is CCC(CC)/C(O)=C/[C@@H](O)C(CC)CC.[2H]C([2H])([2H])C1=N[C@H]2OC3=C([C@H]4CC=C5SCCC5[N-]4)[CH-]CC[C@H]3C2C=C1.[Ir]. The van der Waals surface area contributed by atoms with Crippen molar-refractivity contribution >= 4 is 17.5 Å². The molecule has 2 fully saturated rings. The molecule has 0 aromatic carbocycles. The van der Waals surface area contributed by atoms with Crippen molar-refractivity contribution in [3.05, 3.63) is 58.0 Å². The van der Waals surface area contributed by atoms with Gasteiger partial charge in [-0.2, -0.15) is 5.57 Å².